The molecule has 1 aromatic heterocycles. The first-order valence-corrected chi connectivity index (χ1v) is 8.64. The number of nitriles is 1. The molecule has 0 spiro atoms. The third-order valence-electron chi connectivity index (χ3n) is 4.30. The van der Waals surface area contributed by atoms with Gasteiger partial charge >= 0.3 is 0 Å². The Kier molecular flexibility index (Phi) is 4.64. The first-order chi connectivity index (χ1) is 12.0. The van der Waals surface area contributed by atoms with Crippen LogP contribution < -0.4 is 10.1 Å². The number of methoxy groups -OCH3 is 2. The molecule has 6 nitrogen and oxygen atoms in total. The lowest BCUT2D eigenvalue weighted by atomic mass is 9.98. The summed E-state index contributed by atoms with van der Waals surface area (Å²) in [6, 6.07) is 7.97. The van der Waals surface area contributed by atoms with Crippen molar-refractivity contribution in [2.75, 3.05) is 14.2 Å². The number of thioether (sulfide) groups is 1. The van der Waals surface area contributed by atoms with Crippen molar-refractivity contribution >= 4 is 22.8 Å². The summed E-state index contributed by atoms with van der Waals surface area (Å²) in [7, 11) is 3.28. The number of aromatic nitrogens is 2. The van der Waals surface area contributed by atoms with Gasteiger partial charge in [0.2, 0.25) is 0 Å². The summed E-state index contributed by atoms with van der Waals surface area (Å²) in [5, 5.41) is 13.5. The van der Waals surface area contributed by atoms with Gasteiger partial charge in [-0.25, -0.2) is 4.98 Å². The molecule has 7 heteroatoms. The maximum Gasteiger partial charge on any atom is 0.169 e. The molecule has 1 aromatic carbocycles. The van der Waals surface area contributed by atoms with E-state index in [2.05, 4.69) is 21.4 Å². The molecule has 130 valence electrons. The fourth-order valence-corrected chi connectivity index (χ4v) is 4.07. The number of ether oxygens (including phenoxy) is 2. The molecule has 1 aliphatic rings. The van der Waals surface area contributed by atoms with E-state index in [0.717, 1.165) is 38.8 Å². The minimum Gasteiger partial charge on any atom is -0.497 e. The standard InChI is InChI=1S/C18H20N4O2S/c1-11-10-20-18(7-8-19,12(2)16(11)24-4)25-17-21-14-6-5-13(23-3)9-15(14)22-17/h5-6,9-10,20H,7H2,1-4H3,(H,21,22). The monoisotopic (exact) mass is 356 g/mol. The Hall–Kier alpha value is -2.59. The lowest BCUT2D eigenvalue weighted by Crippen LogP contribution is -2.43. The number of nitrogens with zero attached hydrogens (tertiary/aromatic N) is 2. The lowest BCUT2D eigenvalue weighted by molar-refractivity contribution is 0.286. The molecule has 2 N–H and O–H groups in total. The summed E-state index contributed by atoms with van der Waals surface area (Å²) in [5.41, 5.74) is 3.72. The summed E-state index contributed by atoms with van der Waals surface area (Å²) in [5.74, 6) is 1.57. The molecule has 0 amide bonds. The highest BCUT2D eigenvalue weighted by Crippen LogP contribution is 2.43. The van der Waals surface area contributed by atoms with E-state index in [1.165, 1.54) is 11.8 Å². The topological polar surface area (TPSA) is 83.0 Å². The molecular weight excluding hydrogens is 336 g/mol. The number of allylic oxidation sites excluding steroid dienone is 1. The van der Waals surface area contributed by atoms with Crippen LogP contribution in [-0.4, -0.2) is 29.1 Å². The smallest absolute Gasteiger partial charge is 0.169 e. The van der Waals surface area contributed by atoms with Crippen molar-refractivity contribution in [1.29, 1.82) is 5.26 Å². The van der Waals surface area contributed by atoms with Crippen LogP contribution in [0.25, 0.3) is 11.0 Å². The molecule has 2 heterocycles. The van der Waals surface area contributed by atoms with Gasteiger partial charge in [0, 0.05) is 23.4 Å². The second-order valence-corrected chi connectivity index (χ2v) is 7.11. The van der Waals surface area contributed by atoms with Crippen LogP contribution in [0.3, 0.4) is 0 Å². The quantitative estimate of drug-likeness (QED) is 0.850. The molecule has 3 rings (SSSR count). The second kappa shape index (κ2) is 6.73. The number of nitrogens with one attached hydrogen (secondary N) is 2. The summed E-state index contributed by atoms with van der Waals surface area (Å²) < 4.78 is 10.8. The molecule has 1 unspecified atom stereocenters. The zero-order valence-corrected chi connectivity index (χ0v) is 15.5. The van der Waals surface area contributed by atoms with E-state index >= 15 is 0 Å². The molecule has 1 aliphatic heterocycles. The van der Waals surface area contributed by atoms with E-state index in [0.29, 0.717) is 0 Å². The Labute approximate surface area is 150 Å². The third kappa shape index (κ3) is 3.05. The van der Waals surface area contributed by atoms with Crippen molar-refractivity contribution in [2.45, 2.75) is 30.3 Å². The Morgan fingerprint density at radius 2 is 2.08 bits per heavy atom. The van der Waals surface area contributed by atoms with E-state index in [-0.39, 0.29) is 6.42 Å². The minimum atomic E-state index is -0.627. The highest BCUT2D eigenvalue weighted by molar-refractivity contribution is 8.00. The van der Waals surface area contributed by atoms with Crippen molar-refractivity contribution in [3.8, 4) is 11.8 Å². The Balaban J connectivity index is 2.01. The highest BCUT2D eigenvalue weighted by Gasteiger charge is 2.38. The normalized spacial score (nSPS) is 20.0. The maximum atomic E-state index is 9.38. The molecule has 25 heavy (non-hydrogen) atoms. The number of fused-ring (bicyclic) bond motifs is 1. The van der Waals surface area contributed by atoms with Gasteiger partial charge < -0.3 is 19.8 Å². The average molecular weight is 356 g/mol. The first-order valence-electron chi connectivity index (χ1n) is 7.83. The van der Waals surface area contributed by atoms with E-state index in [1.807, 2.05) is 38.2 Å². The van der Waals surface area contributed by atoms with Crippen LogP contribution in [0.15, 0.2) is 46.5 Å². The van der Waals surface area contributed by atoms with Crippen LogP contribution in [0.5, 0.6) is 5.75 Å². The lowest BCUT2D eigenvalue weighted by Gasteiger charge is -2.36. The number of imidazole rings is 1. The molecule has 0 saturated heterocycles. The molecule has 0 radical (unpaired) electrons. The zero-order chi connectivity index (χ0) is 18.0. The summed E-state index contributed by atoms with van der Waals surface area (Å²) in [6.45, 7) is 3.96. The van der Waals surface area contributed by atoms with Crippen molar-refractivity contribution in [3.63, 3.8) is 0 Å². The van der Waals surface area contributed by atoms with E-state index in [4.69, 9.17) is 9.47 Å². The Bertz CT molecular complexity index is 909. The summed E-state index contributed by atoms with van der Waals surface area (Å²) in [4.78, 5) is 7.31. The third-order valence-corrected chi connectivity index (χ3v) is 5.60. The molecular formula is C18H20N4O2S. The maximum absolute atomic E-state index is 9.38. The van der Waals surface area contributed by atoms with Crippen LogP contribution in [0.2, 0.25) is 0 Å². The molecule has 0 fully saturated rings. The van der Waals surface area contributed by atoms with Crippen LogP contribution >= 0.6 is 11.8 Å². The number of aromatic amines is 1. The van der Waals surface area contributed by atoms with Crippen molar-refractivity contribution in [1.82, 2.24) is 15.3 Å². The van der Waals surface area contributed by atoms with Crippen LogP contribution in [0.1, 0.15) is 20.3 Å². The van der Waals surface area contributed by atoms with Crippen molar-refractivity contribution in [2.24, 2.45) is 0 Å². The number of benzene rings is 1. The van der Waals surface area contributed by atoms with Gasteiger partial charge in [-0.05, 0) is 26.0 Å². The number of dihydropyridines is 1. The van der Waals surface area contributed by atoms with Crippen LogP contribution in [0.4, 0.5) is 0 Å². The van der Waals surface area contributed by atoms with Gasteiger partial charge in [0.1, 0.15) is 16.4 Å². The zero-order valence-electron chi connectivity index (χ0n) is 14.6. The molecule has 2 aromatic rings. The van der Waals surface area contributed by atoms with E-state index < -0.39 is 4.87 Å². The van der Waals surface area contributed by atoms with Gasteiger partial charge in [0.15, 0.2) is 5.16 Å². The van der Waals surface area contributed by atoms with Crippen molar-refractivity contribution in [3.05, 3.63) is 41.3 Å². The number of hydrogen-bond acceptors (Lipinski definition) is 6. The van der Waals surface area contributed by atoms with Crippen LogP contribution in [0, 0.1) is 11.3 Å². The summed E-state index contributed by atoms with van der Waals surface area (Å²) in [6.07, 6.45) is 2.17. The highest BCUT2D eigenvalue weighted by atomic mass is 32.2. The predicted molar refractivity (Wildman–Crippen MR) is 98.1 cm³/mol. The molecule has 0 aliphatic carbocycles. The number of H-pyrrole nitrogens is 1. The van der Waals surface area contributed by atoms with Gasteiger partial charge in [-0.15, -0.1) is 0 Å². The second-order valence-electron chi connectivity index (χ2n) is 5.82. The molecule has 1 atom stereocenters. The van der Waals surface area contributed by atoms with Gasteiger partial charge in [0.25, 0.3) is 0 Å². The van der Waals surface area contributed by atoms with Gasteiger partial charge in [-0.3, -0.25) is 0 Å². The van der Waals surface area contributed by atoms with Gasteiger partial charge in [0.05, 0.1) is 37.7 Å². The van der Waals surface area contributed by atoms with Crippen LogP contribution in [-0.2, 0) is 4.74 Å². The summed E-state index contributed by atoms with van der Waals surface area (Å²) >= 11 is 1.48. The Morgan fingerprint density at radius 1 is 1.28 bits per heavy atom. The fourth-order valence-electron chi connectivity index (χ4n) is 2.93. The largest absolute Gasteiger partial charge is 0.497 e. The SMILES string of the molecule is COC1=C(C)C(CC#N)(Sc2nc3ccc(OC)cc3[nH]2)NC=C1C. The number of rotatable bonds is 5. The minimum absolute atomic E-state index is 0.278. The van der Waals surface area contributed by atoms with E-state index in [1.54, 1.807) is 14.2 Å². The van der Waals surface area contributed by atoms with E-state index in [9.17, 15) is 5.26 Å². The predicted octanol–water partition coefficient (Wildman–Crippen LogP) is 3.70. The Morgan fingerprint density at radius 3 is 2.76 bits per heavy atom. The fraction of sp³-hybridized carbons (Fsp3) is 0.333. The average Bonchev–Trinajstić information content (AvgIpc) is 3.00. The van der Waals surface area contributed by atoms with Gasteiger partial charge in [-0.1, -0.05) is 11.8 Å². The number of hydrogen-bond donors (Lipinski definition) is 2. The van der Waals surface area contributed by atoms with Gasteiger partial charge in [-0.2, -0.15) is 5.26 Å². The first kappa shape index (κ1) is 17.2. The molecule has 0 bridgehead atoms. The molecule has 0 saturated carbocycles. The van der Waals surface area contributed by atoms with Crippen molar-refractivity contribution < 1.29 is 9.47 Å².